The Balaban J connectivity index is 1.82. The number of alkyl halides is 1. The Kier molecular flexibility index (Phi) is 5.66. The van der Waals surface area contributed by atoms with Crippen LogP contribution in [0.5, 0.6) is 0 Å². The molecule has 4 nitrogen and oxygen atoms in total. The highest BCUT2D eigenvalue weighted by molar-refractivity contribution is 7.21. The predicted octanol–water partition coefficient (Wildman–Crippen LogP) is 6.39. The van der Waals surface area contributed by atoms with Gasteiger partial charge in [0.25, 0.3) is 0 Å². The highest BCUT2D eigenvalue weighted by atomic mass is 35.5. The van der Waals surface area contributed by atoms with E-state index in [1.165, 1.54) is 5.56 Å². The summed E-state index contributed by atoms with van der Waals surface area (Å²) < 4.78 is 1.14. The molecule has 0 spiro atoms. The molecule has 0 aliphatic carbocycles. The number of anilines is 1. The fraction of sp³-hybridized carbons (Fsp3) is 0.316. The molecule has 25 heavy (non-hydrogen) atoms. The molecule has 1 heterocycles. The van der Waals surface area contributed by atoms with Crippen LogP contribution >= 0.6 is 22.9 Å². The Bertz CT molecular complexity index is 904. The first-order chi connectivity index (χ1) is 12.1. The zero-order chi connectivity index (χ0) is 17.8. The molecule has 2 aromatic carbocycles. The second kappa shape index (κ2) is 7.93. The topological polar surface area (TPSA) is 40.9 Å². The normalized spacial score (nSPS) is 11.5. The van der Waals surface area contributed by atoms with E-state index in [-0.39, 0.29) is 0 Å². The van der Waals surface area contributed by atoms with Crippen molar-refractivity contribution in [2.45, 2.75) is 20.8 Å². The molecule has 0 fully saturated rings. The van der Waals surface area contributed by atoms with Gasteiger partial charge in [-0.3, -0.25) is 0 Å². The SMILES string of the molecule is CCN(CCCl)c1ccc(N=Nc2nc3ccc(C)cc3s2)c(C)c1. The fourth-order valence-electron chi connectivity index (χ4n) is 2.68. The van der Waals surface area contributed by atoms with Crippen molar-refractivity contribution in [3.63, 3.8) is 0 Å². The minimum atomic E-state index is 0.616. The summed E-state index contributed by atoms with van der Waals surface area (Å²) >= 11 is 7.44. The van der Waals surface area contributed by atoms with Crippen molar-refractivity contribution in [2.24, 2.45) is 10.2 Å². The molecule has 0 aliphatic heterocycles. The molecule has 130 valence electrons. The molecule has 3 aromatic rings. The first-order valence-corrected chi connectivity index (χ1v) is 9.66. The first-order valence-electron chi connectivity index (χ1n) is 8.31. The number of aromatic nitrogens is 1. The summed E-state index contributed by atoms with van der Waals surface area (Å²) in [6.45, 7) is 8.02. The quantitative estimate of drug-likeness (QED) is 0.371. The highest BCUT2D eigenvalue weighted by Crippen LogP contribution is 2.31. The smallest absolute Gasteiger partial charge is 0.231 e. The molecule has 0 atom stereocenters. The van der Waals surface area contributed by atoms with Gasteiger partial charge < -0.3 is 4.90 Å². The standard InChI is InChI=1S/C19H21ClN4S/c1-4-24(10-9-20)15-6-8-16(14(3)12-15)22-23-19-21-17-7-5-13(2)11-18(17)25-19/h5-8,11-12H,4,9-10H2,1-3H3. The zero-order valence-corrected chi connectivity index (χ0v) is 16.2. The van der Waals surface area contributed by atoms with E-state index in [9.17, 15) is 0 Å². The van der Waals surface area contributed by atoms with Gasteiger partial charge in [0.1, 0.15) is 0 Å². The van der Waals surface area contributed by atoms with E-state index in [1.807, 2.05) is 19.1 Å². The lowest BCUT2D eigenvalue weighted by Crippen LogP contribution is -2.24. The number of rotatable bonds is 6. The Labute approximate surface area is 157 Å². The van der Waals surface area contributed by atoms with Crippen molar-refractivity contribution < 1.29 is 0 Å². The van der Waals surface area contributed by atoms with Crippen LogP contribution in [0.2, 0.25) is 0 Å². The van der Waals surface area contributed by atoms with Crippen LogP contribution in [0.15, 0.2) is 46.6 Å². The molecular formula is C19H21ClN4S. The number of nitrogens with zero attached hydrogens (tertiary/aromatic N) is 4. The van der Waals surface area contributed by atoms with Crippen LogP contribution in [0.1, 0.15) is 18.1 Å². The Morgan fingerprint density at radius 1 is 1.12 bits per heavy atom. The van der Waals surface area contributed by atoms with E-state index in [0.717, 1.165) is 40.2 Å². The van der Waals surface area contributed by atoms with Crippen molar-refractivity contribution in [3.05, 3.63) is 47.5 Å². The van der Waals surface area contributed by atoms with Gasteiger partial charge in [-0.05, 0) is 62.2 Å². The maximum Gasteiger partial charge on any atom is 0.231 e. The second-order valence-corrected chi connectivity index (χ2v) is 7.29. The van der Waals surface area contributed by atoms with E-state index < -0.39 is 0 Å². The van der Waals surface area contributed by atoms with Crippen LogP contribution in [0, 0.1) is 13.8 Å². The molecule has 3 rings (SSSR count). The minimum Gasteiger partial charge on any atom is -0.371 e. The molecule has 0 saturated carbocycles. The van der Waals surface area contributed by atoms with Gasteiger partial charge in [-0.1, -0.05) is 17.4 Å². The number of benzene rings is 2. The summed E-state index contributed by atoms with van der Waals surface area (Å²) in [4.78, 5) is 6.76. The van der Waals surface area contributed by atoms with Gasteiger partial charge in [-0.15, -0.1) is 21.8 Å². The molecule has 0 radical (unpaired) electrons. The number of thiazole rings is 1. The van der Waals surface area contributed by atoms with E-state index in [2.05, 4.69) is 58.2 Å². The average Bonchev–Trinajstić information content (AvgIpc) is 3.00. The predicted molar refractivity (Wildman–Crippen MR) is 108 cm³/mol. The Morgan fingerprint density at radius 2 is 1.96 bits per heavy atom. The van der Waals surface area contributed by atoms with E-state index in [1.54, 1.807) is 11.3 Å². The summed E-state index contributed by atoms with van der Waals surface area (Å²) in [5, 5.41) is 9.41. The number of azo groups is 1. The van der Waals surface area contributed by atoms with Gasteiger partial charge in [0.15, 0.2) is 0 Å². The number of hydrogen-bond acceptors (Lipinski definition) is 5. The van der Waals surface area contributed by atoms with Gasteiger partial charge in [0, 0.05) is 24.7 Å². The van der Waals surface area contributed by atoms with Crippen molar-refractivity contribution in [1.82, 2.24) is 4.98 Å². The monoisotopic (exact) mass is 372 g/mol. The molecule has 0 bridgehead atoms. The molecule has 0 N–H and O–H groups in total. The zero-order valence-electron chi connectivity index (χ0n) is 14.7. The molecule has 0 aliphatic rings. The number of aryl methyl sites for hydroxylation is 2. The lowest BCUT2D eigenvalue weighted by Gasteiger charge is -2.22. The maximum atomic E-state index is 5.88. The molecule has 0 saturated heterocycles. The van der Waals surface area contributed by atoms with E-state index >= 15 is 0 Å². The molecule has 0 unspecified atom stereocenters. The maximum absolute atomic E-state index is 5.88. The van der Waals surface area contributed by atoms with Crippen molar-refractivity contribution in [2.75, 3.05) is 23.9 Å². The van der Waals surface area contributed by atoms with Crippen LogP contribution in [0.3, 0.4) is 0 Å². The summed E-state index contributed by atoms with van der Waals surface area (Å²) in [6.07, 6.45) is 0. The van der Waals surface area contributed by atoms with E-state index in [4.69, 9.17) is 11.6 Å². The Hall–Kier alpha value is -1.98. The third-order valence-corrected chi connectivity index (χ3v) is 5.13. The van der Waals surface area contributed by atoms with Crippen LogP contribution in [0.25, 0.3) is 10.2 Å². The summed E-state index contributed by atoms with van der Waals surface area (Å²) in [7, 11) is 0. The molecular weight excluding hydrogens is 352 g/mol. The lowest BCUT2D eigenvalue weighted by atomic mass is 10.1. The van der Waals surface area contributed by atoms with Gasteiger partial charge >= 0.3 is 0 Å². The first kappa shape index (κ1) is 17.8. The van der Waals surface area contributed by atoms with Crippen molar-refractivity contribution >= 4 is 49.7 Å². The minimum absolute atomic E-state index is 0.616. The molecule has 1 aromatic heterocycles. The third kappa shape index (κ3) is 4.17. The summed E-state index contributed by atoms with van der Waals surface area (Å²) in [5.74, 6) is 0.616. The number of fused-ring (bicyclic) bond motifs is 1. The van der Waals surface area contributed by atoms with Gasteiger partial charge in [-0.25, -0.2) is 4.98 Å². The summed E-state index contributed by atoms with van der Waals surface area (Å²) in [6, 6.07) is 12.4. The van der Waals surface area contributed by atoms with Crippen molar-refractivity contribution in [3.8, 4) is 0 Å². The van der Waals surface area contributed by atoms with Gasteiger partial charge in [-0.2, -0.15) is 0 Å². The average molecular weight is 373 g/mol. The van der Waals surface area contributed by atoms with Gasteiger partial charge in [0.2, 0.25) is 5.13 Å². The third-order valence-electron chi connectivity index (χ3n) is 4.06. The lowest BCUT2D eigenvalue weighted by molar-refractivity contribution is 0.869. The van der Waals surface area contributed by atoms with Crippen molar-refractivity contribution in [1.29, 1.82) is 0 Å². The number of halogens is 1. The van der Waals surface area contributed by atoms with Crippen LogP contribution in [-0.4, -0.2) is 24.0 Å². The number of hydrogen-bond donors (Lipinski definition) is 0. The highest BCUT2D eigenvalue weighted by Gasteiger charge is 2.07. The van der Waals surface area contributed by atoms with Gasteiger partial charge in [0.05, 0.1) is 15.9 Å². The molecule has 0 amide bonds. The van der Waals surface area contributed by atoms with Crippen LogP contribution < -0.4 is 4.90 Å². The van der Waals surface area contributed by atoms with Crippen LogP contribution in [-0.2, 0) is 0 Å². The summed E-state index contributed by atoms with van der Waals surface area (Å²) in [5.41, 5.74) is 5.31. The van der Waals surface area contributed by atoms with E-state index in [0.29, 0.717) is 11.0 Å². The Morgan fingerprint density at radius 3 is 2.68 bits per heavy atom. The van der Waals surface area contributed by atoms with Crippen LogP contribution in [0.4, 0.5) is 16.5 Å². The second-order valence-electron chi connectivity index (χ2n) is 5.91. The largest absolute Gasteiger partial charge is 0.371 e. The fourth-order valence-corrected chi connectivity index (χ4v) is 3.77. The molecule has 6 heteroatoms.